The van der Waals surface area contributed by atoms with Gasteiger partial charge in [0.15, 0.2) is 11.5 Å². The zero-order valence-electron chi connectivity index (χ0n) is 15.9. The Hall–Kier alpha value is -3.35. The first-order valence-electron chi connectivity index (χ1n) is 8.84. The van der Waals surface area contributed by atoms with Gasteiger partial charge in [0, 0.05) is 0 Å². The summed E-state index contributed by atoms with van der Waals surface area (Å²) in [4.78, 5) is 23.2. The van der Waals surface area contributed by atoms with Gasteiger partial charge in [-0.1, -0.05) is 39.0 Å². The van der Waals surface area contributed by atoms with Gasteiger partial charge in [-0.2, -0.15) is 5.10 Å². The van der Waals surface area contributed by atoms with Crippen molar-refractivity contribution in [3.8, 4) is 11.5 Å². The quantitative estimate of drug-likeness (QED) is 0.626. The van der Waals surface area contributed by atoms with Crippen molar-refractivity contribution >= 4 is 18.1 Å². The first kappa shape index (κ1) is 19.4. The number of nitrogens with one attached hydrogen (secondary N) is 1. The number of carbonyl (C=O) groups is 2. The van der Waals surface area contributed by atoms with E-state index >= 15 is 0 Å². The van der Waals surface area contributed by atoms with Crippen molar-refractivity contribution in [3.05, 3.63) is 59.2 Å². The van der Waals surface area contributed by atoms with E-state index in [0.717, 1.165) is 5.56 Å². The fourth-order valence-electron chi connectivity index (χ4n) is 2.62. The number of rotatable bonds is 4. The second-order valence-electron chi connectivity index (χ2n) is 7.49. The third-order valence-corrected chi connectivity index (χ3v) is 4.31. The monoisotopic (exact) mass is 382 g/mol. The minimum Gasteiger partial charge on any atom is -0.485 e. The molecule has 0 unspecified atom stereocenters. The average molecular weight is 382 g/mol. The van der Waals surface area contributed by atoms with E-state index in [1.807, 2.05) is 18.2 Å². The molecule has 7 nitrogen and oxygen atoms in total. The molecule has 0 saturated heterocycles. The third kappa shape index (κ3) is 4.49. The molecule has 28 heavy (non-hydrogen) atoms. The molecule has 2 aromatic carbocycles. The van der Waals surface area contributed by atoms with Crippen LogP contribution in [0.25, 0.3) is 0 Å². The van der Waals surface area contributed by atoms with E-state index in [-0.39, 0.29) is 17.6 Å². The molecule has 1 heterocycles. The molecule has 1 atom stereocenters. The second kappa shape index (κ2) is 7.72. The molecule has 2 aromatic rings. The van der Waals surface area contributed by atoms with Crippen LogP contribution in [0.15, 0.2) is 47.6 Å². The SMILES string of the molecule is CC(C)(C)c1ccc2c(c1)O[C@@H](C(=O)NN=Cc1ccc(C(=O)O)cc1)CO2. The maximum atomic E-state index is 12.3. The number of hydrogen-bond donors (Lipinski definition) is 2. The largest absolute Gasteiger partial charge is 0.485 e. The van der Waals surface area contributed by atoms with E-state index in [1.54, 1.807) is 12.1 Å². The number of fused-ring (bicyclic) bond motifs is 1. The van der Waals surface area contributed by atoms with Crippen LogP contribution in [0.2, 0.25) is 0 Å². The highest BCUT2D eigenvalue weighted by molar-refractivity contribution is 5.89. The number of amides is 1. The molecule has 0 aliphatic carbocycles. The minimum atomic E-state index is -0.999. The summed E-state index contributed by atoms with van der Waals surface area (Å²) in [5.41, 5.74) is 4.30. The van der Waals surface area contributed by atoms with Crippen molar-refractivity contribution in [2.75, 3.05) is 6.61 Å². The van der Waals surface area contributed by atoms with E-state index in [1.165, 1.54) is 18.3 Å². The van der Waals surface area contributed by atoms with Crippen molar-refractivity contribution < 1.29 is 24.2 Å². The van der Waals surface area contributed by atoms with E-state index in [4.69, 9.17) is 14.6 Å². The summed E-state index contributed by atoms with van der Waals surface area (Å²) in [5.74, 6) is -0.280. The third-order valence-electron chi connectivity index (χ3n) is 4.31. The number of hydrazone groups is 1. The highest BCUT2D eigenvalue weighted by Crippen LogP contribution is 2.36. The van der Waals surface area contributed by atoms with E-state index in [9.17, 15) is 9.59 Å². The van der Waals surface area contributed by atoms with Gasteiger partial charge in [0.1, 0.15) is 6.61 Å². The molecule has 0 aromatic heterocycles. The lowest BCUT2D eigenvalue weighted by Crippen LogP contribution is -2.42. The number of ether oxygens (including phenoxy) is 2. The number of nitrogens with zero attached hydrogens (tertiary/aromatic N) is 1. The molecule has 1 amide bonds. The van der Waals surface area contributed by atoms with E-state index in [0.29, 0.717) is 17.1 Å². The highest BCUT2D eigenvalue weighted by Gasteiger charge is 2.28. The molecule has 0 saturated carbocycles. The lowest BCUT2D eigenvalue weighted by atomic mass is 9.87. The molecule has 3 rings (SSSR count). The zero-order chi connectivity index (χ0) is 20.3. The summed E-state index contributed by atoms with van der Waals surface area (Å²) in [7, 11) is 0. The molecule has 1 aliphatic heterocycles. The van der Waals surface area contributed by atoms with Crippen molar-refractivity contribution in [2.24, 2.45) is 5.10 Å². The van der Waals surface area contributed by atoms with Crippen molar-refractivity contribution in [1.82, 2.24) is 5.43 Å². The van der Waals surface area contributed by atoms with Gasteiger partial charge in [-0.3, -0.25) is 4.79 Å². The maximum absolute atomic E-state index is 12.3. The van der Waals surface area contributed by atoms with Gasteiger partial charge >= 0.3 is 5.97 Å². The van der Waals surface area contributed by atoms with Crippen LogP contribution < -0.4 is 14.9 Å². The van der Waals surface area contributed by atoms with Crippen LogP contribution in [0.4, 0.5) is 0 Å². The highest BCUT2D eigenvalue weighted by atomic mass is 16.6. The molecule has 1 aliphatic rings. The van der Waals surface area contributed by atoms with Gasteiger partial charge in [-0.15, -0.1) is 0 Å². The zero-order valence-corrected chi connectivity index (χ0v) is 15.9. The minimum absolute atomic E-state index is 0.0475. The molecule has 0 spiro atoms. The summed E-state index contributed by atoms with van der Waals surface area (Å²) in [6, 6.07) is 11.9. The standard InChI is InChI=1S/C21H22N2O5/c1-21(2,3)15-8-9-16-17(10-15)28-18(12-27-16)19(24)23-22-11-13-4-6-14(7-5-13)20(25)26/h4-11,18H,12H2,1-3H3,(H,23,24)(H,25,26)/t18-/m1/s1. The van der Waals surface area contributed by atoms with Gasteiger partial charge < -0.3 is 14.6 Å². The van der Waals surface area contributed by atoms with Gasteiger partial charge in [0.2, 0.25) is 6.10 Å². The van der Waals surface area contributed by atoms with Gasteiger partial charge in [-0.25, -0.2) is 10.2 Å². The average Bonchev–Trinajstić information content (AvgIpc) is 2.66. The maximum Gasteiger partial charge on any atom is 0.335 e. The Bertz CT molecular complexity index is 913. The predicted octanol–water partition coefficient (Wildman–Crippen LogP) is 2.97. The lowest BCUT2D eigenvalue weighted by Gasteiger charge is -2.27. The van der Waals surface area contributed by atoms with Crippen LogP contribution in [-0.2, 0) is 10.2 Å². The van der Waals surface area contributed by atoms with Crippen LogP contribution in [0.3, 0.4) is 0 Å². The second-order valence-corrected chi connectivity index (χ2v) is 7.49. The number of carboxylic acid groups (broad SMARTS) is 1. The van der Waals surface area contributed by atoms with Crippen molar-refractivity contribution in [2.45, 2.75) is 32.3 Å². The Labute approximate surface area is 163 Å². The number of benzene rings is 2. The Kier molecular flexibility index (Phi) is 5.35. The number of hydrogen-bond acceptors (Lipinski definition) is 5. The molecular formula is C21H22N2O5. The molecule has 0 fully saturated rings. The topological polar surface area (TPSA) is 97.2 Å². The number of carboxylic acids is 1. The molecule has 0 radical (unpaired) electrons. The summed E-state index contributed by atoms with van der Waals surface area (Å²) in [6.07, 6.45) is 0.619. The van der Waals surface area contributed by atoms with Crippen LogP contribution >= 0.6 is 0 Å². The van der Waals surface area contributed by atoms with Gasteiger partial charge in [-0.05, 0) is 40.8 Å². The Morgan fingerprint density at radius 3 is 2.50 bits per heavy atom. The van der Waals surface area contributed by atoms with Gasteiger partial charge in [0.05, 0.1) is 11.8 Å². The smallest absolute Gasteiger partial charge is 0.335 e. The van der Waals surface area contributed by atoms with Crippen molar-refractivity contribution in [1.29, 1.82) is 0 Å². The number of carbonyl (C=O) groups excluding carboxylic acids is 1. The Morgan fingerprint density at radius 2 is 1.86 bits per heavy atom. The van der Waals surface area contributed by atoms with E-state index < -0.39 is 18.0 Å². The molecule has 7 heteroatoms. The number of aromatic carboxylic acids is 1. The van der Waals surface area contributed by atoms with Crippen LogP contribution in [0.1, 0.15) is 42.3 Å². The first-order chi connectivity index (χ1) is 13.2. The van der Waals surface area contributed by atoms with E-state index in [2.05, 4.69) is 31.3 Å². The lowest BCUT2D eigenvalue weighted by molar-refractivity contribution is -0.130. The summed E-state index contributed by atoms with van der Waals surface area (Å²) in [5, 5.41) is 12.8. The Morgan fingerprint density at radius 1 is 1.14 bits per heavy atom. The molecule has 0 bridgehead atoms. The fraction of sp³-hybridized carbons (Fsp3) is 0.286. The van der Waals surface area contributed by atoms with Gasteiger partial charge in [0.25, 0.3) is 5.91 Å². The summed E-state index contributed by atoms with van der Waals surface area (Å²) < 4.78 is 11.4. The normalized spacial score (nSPS) is 16.0. The fourth-order valence-corrected chi connectivity index (χ4v) is 2.62. The molecular weight excluding hydrogens is 360 g/mol. The van der Waals surface area contributed by atoms with Crippen molar-refractivity contribution in [3.63, 3.8) is 0 Å². The molecule has 146 valence electrons. The summed E-state index contributed by atoms with van der Waals surface area (Å²) in [6.45, 7) is 6.39. The summed E-state index contributed by atoms with van der Waals surface area (Å²) >= 11 is 0. The van der Waals surface area contributed by atoms with Crippen LogP contribution in [0.5, 0.6) is 11.5 Å². The Balaban J connectivity index is 1.62. The van der Waals surface area contributed by atoms with Crippen LogP contribution in [-0.4, -0.2) is 35.9 Å². The molecule has 2 N–H and O–H groups in total. The predicted molar refractivity (Wildman–Crippen MR) is 104 cm³/mol. The first-order valence-corrected chi connectivity index (χ1v) is 8.84. The van der Waals surface area contributed by atoms with Crippen LogP contribution in [0, 0.1) is 0 Å².